The number of allylic oxidation sites excluding steroid dienone is 1. The molecular formula is C21H27N2O6P. The highest BCUT2D eigenvalue weighted by molar-refractivity contribution is 7.54. The smallest absolute Gasteiger partial charge is 0.430 e. The molecule has 0 spiro atoms. The predicted octanol–water partition coefficient (Wildman–Crippen LogP) is 5.15. The fraction of sp³-hybridized carbons (Fsp3) is 0.476. The number of benzene rings is 1. The van der Waals surface area contributed by atoms with Gasteiger partial charge in [0.15, 0.2) is 5.41 Å². The minimum absolute atomic E-state index is 0.0893. The van der Waals surface area contributed by atoms with Gasteiger partial charge in [-0.2, -0.15) is 10.5 Å². The number of nitriles is 2. The summed E-state index contributed by atoms with van der Waals surface area (Å²) in [7, 11) is -1.42. The SMILES string of the molecule is COP(=O)(OC)C(c1ccccc1)C(C#N)(C#N)C/C=C/COC(=O)OC(C)(C)C. The van der Waals surface area contributed by atoms with Gasteiger partial charge in [0.05, 0.1) is 12.1 Å². The molecule has 0 aliphatic heterocycles. The van der Waals surface area contributed by atoms with Gasteiger partial charge in [-0.15, -0.1) is 0 Å². The first-order valence-corrected chi connectivity index (χ1v) is 10.8. The Morgan fingerprint density at radius 2 is 1.67 bits per heavy atom. The van der Waals surface area contributed by atoms with Crippen molar-refractivity contribution < 1.29 is 27.9 Å². The highest BCUT2D eigenvalue weighted by Gasteiger charge is 2.52. The highest BCUT2D eigenvalue weighted by atomic mass is 31.2. The Morgan fingerprint density at radius 3 is 2.13 bits per heavy atom. The Morgan fingerprint density at radius 1 is 1.10 bits per heavy atom. The number of nitrogens with zero attached hydrogens (tertiary/aromatic N) is 2. The number of hydrogen-bond donors (Lipinski definition) is 0. The van der Waals surface area contributed by atoms with E-state index in [1.165, 1.54) is 26.4 Å². The molecule has 0 saturated carbocycles. The second-order valence-electron chi connectivity index (χ2n) is 7.36. The summed E-state index contributed by atoms with van der Waals surface area (Å²) < 4.78 is 33.5. The number of rotatable bonds is 9. The number of carbonyl (C=O) groups excluding carboxylic acids is 1. The Balaban J connectivity index is 3.10. The normalized spacial score (nSPS) is 13.3. The largest absolute Gasteiger partial charge is 0.509 e. The predicted molar refractivity (Wildman–Crippen MR) is 110 cm³/mol. The lowest BCUT2D eigenvalue weighted by atomic mass is 9.80. The van der Waals surface area contributed by atoms with E-state index < -0.39 is 30.4 Å². The molecule has 8 nitrogen and oxygen atoms in total. The molecule has 30 heavy (non-hydrogen) atoms. The molecule has 0 N–H and O–H groups in total. The van der Waals surface area contributed by atoms with Crippen LogP contribution in [0.4, 0.5) is 4.79 Å². The first kappa shape index (κ1) is 25.4. The van der Waals surface area contributed by atoms with Crippen LogP contribution in [-0.4, -0.2) is 32.6 Å². The van der Waals surface area contributed by atoms with Crippen LogP contribution in [0.25, 0.3) is 0 Å². The van der Waals surface area contributed by atoms with Gasteiger partial charge in [-0.1, -0.05) is 42.5 Å². The lowest BCUT2D eigenvalue weighted by Crippen LogP contribution is -2.27. The quantitative estimate of drug-likeness (QED) is 0.298. The summed E-state index contributed by atoms with van der Waals surface area (Å²) in [6.07, 6.45) is 2.08. The molecule has 1 unspecified atom stereocenters. The molecule has 9 heteroatoms. The third-order valence-electron chi connectivity index (χ3n) is 4.10. The van der Waals surface area contributed by atoms with Crippen LogP contribution in [0.1, 0.15) is 38.4 Å². The van der Waals surface area contributed by atoms with E-state index in [9.17, 15) is 19.9 Å². The standard InChI is InChI=1S/C21H27N2O6P/c1-20(2,3)29-19(24)28-14-10-9-13-21(15-22,16-23)18(30(25,26-4)27-5)17-11-7-6-8-12-17/h6-12,18H,13-14H2,1-5H3/b10-9+. The van der Waals surface area contributed by atoms with Crippen LogP contribution >= 0.6 is 7.60 Å². The van der Waals surface area contributed by atoms with Crippen LogP contribution in [0.5, 0.6) is 0 Å². The minimum atomic E-state index is -3.85. The third kappa shape index (κ3) is 6.71. The van der Waals surface area contributed by atoms with Crippen molar-refractivity contribution >= 4 is 13.8 Å². The van der Waals surface area contributed by atoms with Gasteiger partial charge >= 0.3 is 13.8 Å². The number of ether oxygens (including phenoxy) is 2. The van der Waals surface area contributed by atoms with E-state index in [0.717, 1.165) is 0 Å². The first-order chi connectivity index (χ1) is 14.1. The van der Waals surface area contributed by atoms with Gasteiger partial charge in [-0.05, 0) is 32.8 Å². The van der Waals surface area contributed by atoms with Crippen molar-refractivity contribution in [3.8, 4) is 12.1 Å². The van der Waals surface area contributed by atoms with Gasteiger partial charge in [0.1, 0.15) is 17.9 Å². The van der Waals surface area contributed by atoms with Crippen LogP contribution in [0.3, 0.4) is 0 Å². The summed E-state index contributed by atoms with van der Waals surface area (Å²) in [6.45, 7) is 5.04. The van der Waals surface area contributed by atoms with Crippen molar-refractivity contribution in [3.63, 3.8) is 0 Å². The Hall–Kier alpha value is -2.64. The second-order valence-corrected chi connectivity index (χ2v) is 9.69. The monoisotopic (exact) mass is 434 g/mol. The molecule has 0 heterocycles. The maximum atomic E-state index is 13.3. The fourth-order valence-corrected chi connectivity index (χ4v) is 4.61. The molecule has 1 atom stereocenters. The molecule has 0 bridgehead atoms. The molecule has 0 amide bonds. The molecule has 0 fully saturated rings. The van der Waals surface area contributed by atoms with E-state index in [-0.39, 0.29) is 13.0 Å². The molecular weight excluding hydrogens is 407 g/mol. The zero-order chi connectivity index (χ0) is 22.8. The summed E-state index contributed by atoms with van der Waals surface area (Å²) in [5, 5.41) is 19.8. The third-order valence-corrected chi connectivity index (χ3v) is 6.49. The molecule has 0 radical (unpaired) electrons. The van der Waals surface area contributed by atoms with Crippen molar-refractivity contribution in [3.05, 3.63) is 48.0 Å². The van der Waals surface area contributed by atoms with Crippen LogP contribution in [0.15, 0.2) is 42.5 Å². The molecule has 1 aromatic carbocycles. The lowest BCUT2D eigenvalue weighted by Gasteiger charge is -2.32. The topological polar surface area (TPSA) is 119 Å². The number of hydrogen-bond acceptors (Lipinski definition) is 8. The van der Waals surface area contributed by atoms with E-state index in [4.69, 9.17) is 18.5 Å². The first-order valence-electron chi connectivity index (χ1n) is 9.17. The average molecular weight is 434 g/mol. The zero-order valence-corrected chi connectivity index (χ0v) is 18.7. The van der Waals surface area contributed by atoms with E-state index in [0.29, 0.717) is 5.56 Å². The lowest BCUT2D eigenvalue weighted by molar-refractivity contribution is -0.00244. The fourth-order valence-electron chi connectivity index (χ4n) is 2.74. The van der Waals surface area contributed by atoms with Crippen LogP contribution < -0.4 is 0 Å². The summed E-state index contributed by atoms with van der Waals surface area (Å²) in [6, 6.07) is 12.5. The van der Waals surface area contributed by atoms with Gasteiger partial charge in [0.2, 0.25) is 0 Å². The van der Waals surface area contributed by atoms with Gasteiger partial charge in [-0.25, -0.2) is 4.79 Å². The Bertz CT molecular complexity index is 842. The number of carbonyl (C=O) groups is 1. The van der Waals surface area contributed by atoms with Gasteiger partial charge in [0.25, 0.3) is 0 Å². The van der Waals surface area contributed by atoms with E-state index >= 15 is 0 Å². The molecule has 1 rings (SSSR count). The van der Waals surface area contributed by atoms with Crippen LogP contribution in [0, 0.1) is 28.1 Å². The van der Waals surface area contributed by atoms with Crippen molar-refractivity contribution in [2.24, 2.45) is 5.41 Å². The van der Waals surface area contributed by atoms with Crippen molar-refractivity contribution in [1.82, 2.24) is 0 Å². The van der Waals surface area contributed by atoms with Crippen LogP contribution in [-0.2, 0) is 23.1 Å². The van der Waals surface area contributed by atoms with E-state index in [1.807, 2.05) is 12.1 Å². The molecule has 0 saturated heterocycles. The average Bonchev–Trinajstić information content (AvgIpc) is 2.71. The zero-order valence-electron chi connectivity index (χ0n) is 17.8. The highest BCUT2D eigenvalue weighted by Crippen LogP contribution is 2.67. The maximum Gasteiger partial charge on any atom is 0.509 e. The van der Waals surface area contributed by atoms with Gasteiger partial charge in [0, 0.05) is 14.2 Å². The summed E-state index contributed by atoms with van der Waals surface area (Å²) >= 11 is 0. The molecule has 1 aromatic rings. The molecule has 162 valence electrons. The Labute approximate surface area is 177 Å². The van der Waals surface area contributed by atoms with E-state index in [1.54, 1.807) is 51.1 Å². The maximum absolute atomic E-state index is 13.3. The molecule has 0 aromatic heterocycles. The minimum Gasteiger partial charge on any atom is -0.430 e. The molecule has 0 aliphatic carbocycles. The Kier molecular flexibility index (Phi) is 9.26. The van der Waals surface area contributed by atoms with Gasteiger partial charge in [-0.3, -0.25) is 4.57 Å². The summed E-state index contributed by atoms with van der Waals surface area (Å²) in [5.41, 5.74) is -3.09. The summed E-state index contributed by atoms with van der Waals surface area (Å²) in [4.78, 5) is 11.6. The van der Waals surface area contributed by atoms with Crippen LogP contribution in [0.2, 0.25) is 0 Å². The van der Waals surface area contributed by atoms with Crippen molar-refractivity contribution in [2.45, 2.75) is 38.5 Å². The molecule has 0 aliphatic rings. The van der Waals surface area contributed by atoms with Crippen molar-refractivity contribution in [2.75, 3.05) is 20.8 Å². The van der Waals surface area contributed by atoms with Gasteiger partial charge < -0.3 is 18.5 Å². The van der Waals surface area contributed by atoms with E-state index in [2.05, 4.69) is 0 Å². The van der Waals surface area contributed by atoms with Crippen molar-refractivity contribution in [1.29, 1.82) is 10.5 Å². The summed E-state index contributed by atoms with van der Waals surface area (Å²) in [5.74, 6) is 0. The second kappa shape index (κ2) is 10.9.